The van der Waals surface area contributed by atoms with Crippen LogP contribution in [0.1, 0.15) is 19.2 Å². The van der Waals surface area contributed by atoms with Crippen LogP contribution >= 0.6 is 0 Å². The van der Waals surface area contributed by atoms with Crippen LogP contribution in [0.25, 0.3) is 11.4 Å². The van der Waals surface area contributed by atoms with Gasteiger partial charge in [-0.25, -0.2) is 0 Å². The quantitative estimate of drug-likeness (QED) is 0.793. The third kappa shape index (κ3) is 3.07. The molecule has 2 aromatic rings. The zero-order valence-electron chi connectivity index (χ0n) is 10.6. The molecular formula is C13H17N3O2. The second-order valence-electron chi connectivity index (χ2n) is 3.92. The minimum absolute atomic E-state index is 0.585. The first-order chi connectivity index (χ1) is 8.83. The van der Waals surface area contributed by atoms with Gasteiger partial charge in [-0.3, -0.25) is 0 Å². The van der Waals surface area contributed by atoms with Crippen LogP contribution < -0.4 is 10.1 Å². The van der Waals surface area contributed by atoms with E-state index in [0.29, 0.717) is 18.3 Å². The highest BCUT2D eigenvalue weighted by Crippen LogP contribution is 2.21. The van der Waals surface area contributed by atoms with E-state index in [1.54, 1.807) is 7.11 Å². The molecule has 0 amide bonds. The van der Waals surface area contributed by atoms with Gasteiger partial charge in [0.2, 0.25) is 11.7 Å². The predicted octanol–water partition coefficient (Wildman–Crippen LogP) is 2.24. The van der Waals surface area contributed by atoms with Crippen LogP contribution in [-0.4, -0.2) is 23.8 Å². The molecule has 2 rings (SSSR count). The maximum atomic E-state index is 5.17. The number of nitrogens with one attached hydrogen (secondary N) is 1. The van der Waals surface area contributed by atoms with Crippen molar-refractivity contribution in [1.29, 1.82) is 0 Å². The maximum Gasteiger partial charge on any atom is 0.240 e. The Hall–Kier alpha value is -1.88. The Labute approximate surface area is 106 Å². The summed E-state index contributed by atoms with van der Waals surface area (Å²) in [6, 6.07) is 7.59. The van der Waals surface area contributed by atoms with Gasteiger partial charge in [0.05, 0.1) is 13.7 Å². The molecule has 0 spiro atoms. The lowest BCUT2D eigenvalue weighted by Gasteiger charge is -1.99. The molecule has 5 nitrogen and oxygen atoms in total. The first-order valence-corrected chi connectivity index (χ1v) is 6.01. The third-order valence-corrected chi connectivity index (χ3v) is 2.50. The minimum atomic E-state index is 0.585. The predicted molar refractivity (Wildman–Crippen MR) is 68.3 cm³/mol. The summed E-state index contributed by atoms with van der Waals surface area (Å²) in [4.78, 5) is 4.33. The normalized spacial score (nSPS) is 10.6. The molecule has 0 aliphatic rings. The summed E-state index contributed by atoms with van der Waals surface area (Å²) in [7, 11) is 1.63. The molecule has 1 aromatic carbocycles. The number of hydrogen-bond acceptors (Lipinski definition) is 5. The highest BCUT2D eigenvalue weighted by atomic mass is 16.5. The smallest absolute Gasteiger partial charge is 0.240 e. The van der Waals surface area contributed by atoms with Gasteiger partial charge in [0, 0.05) is 5.56 Å². The number of aromatic nitrogens is 2. The zero-order chi connectivity index (χ0) is 12.8. The zero-order valence-corrected chi connectivity index (χ0v) is 10.6. The Bertz CT molecular complexity index is 496. The molecule has 0 bridgehead atoms. The van der Waals surface area contributed by atoms with Gasteiger partial charge in [0.1, 0.15) is 5.75 Å². The molecule has 1 aromatic heterocycles. The molecule has 0 saturated heterocycles. The molecule has 1 heterocycles. The van der Waals surface area contributed by atoms with Crippen LogP contribution in [0.5, 0.6) is 5.75 Å². The summed E-state index contributed by atoms with van der Waals surface area (Å²) in [5, 5.41) is 7.18. The fourth-order valence-corrected chi connectivity index (χ4v) is 1.58. The van der Waals surface area contributed by atoms with E-state index < -0.39 is 0 Å². The second-order valence-corrected chi connectivity index (χ2v) is 3.92. The summed E-state index contributed by atoms with van der Waals surface area (Å²) >= 11 is 0. The highest BCUT2D eigenvalue weighted by molar-refractivity contribution is 5.56. The van der Waals surface area contributed by atoms with Crippen molar-refractivity contribution >= 4 is 0 Å². The lowest BCUT2D eigenvalue weighted by Crippen LogP contribution is -2.13. The monoisotopic (exact) mass is 247 g/mol. The number of rotatable bonds is 6. The number of benzene rings is 1. The lowest BCUT2D eigenvalue weighted by molar-refractivity contribution is 0.368. The van der Waals surface area contributed by atoms with Gasteiger partial charge < -0.3 is 14.6 Å². The summed E-state index contributed by atoms with van der Waals surface area (Å²) in [6.45, 7) is 3.66. The van der Waals surface area contributed by atoms with Crippen LogP contribution in [-0.2, 0) is 6.54 Å². The highest BCUT2D eigenvalue weighted by Gasteiger charge is 2.08. The van der Waals surface area contributed by atoms with Crippen molar-refractivity contribution in [3.63, 3.8) is 0 Å². The van der Waals surface area contributed by atoms with Gasteiger partial charge in [-0.1, -0.05) is 24.2 Å². The molecule has 18 heavy (non-hydrogen) atoms. The van der Waals surface area contributed by atoms with Gasteiger partial charge in [-0.2, -0.15) is 4.98 Å². The van der Waals surface area contributed by atoms with Crippen LogP contribution in [0.4, 0.5) is 0 Å². The van der Waals surface area contributed by atoms with E-state index in [0.717, 1.165) is 24.3 Å². The molecule has 0 atom stereocenters. The van der Waals surface area contributed by atoms with Crippen molar-refractivity contribution in [2.24, 2.45) is 0 Å². The van der Waals surface area contributed by atoms with Gasteiger partial charge in [0.25, 0.3) is 0 Å². The van der Waals surface area contributed by atoms with E-state index in [-0.39, 0.29) is 0 Å². The van der Waals surface area contributed by atoms with E-state index in [2.05, 4.69) is 22.4 Å². The topological polar surface area (TPSA) is 60.2 Å². The van der Waals surface area contributed by atoms with Crippen LogP contribution in [0.15, 0.2) is 28.8 Å². The molecule has 0 fully saturated rings. The molecule has 5 heteroatoms. The third-order valence-electron chi connectivity index (χ3n) is 2.50. The number of ether oxygens (including phenoxy) is 1. The minimum Gasteiger partial charge on any atom is -0.497 e. The van der Waals surface area contributed by atoms with Crippen molar-refractivity contribution < 1.29 is 9.26 Å². The standard InChI is InChI=1S/C13H17N3O2/c1-3-7-14-9-12-15-13(16-18-12)10-5-4-6-11(8-10)17-2/h4-6,8,14H,3,7,9H2,1-2H3. The van der Waals surface area contributed by atoms with E-state index >= 15 is 0 Å². The Balaban J connectivity index is 2.08. The number of nitrogens with zero attached hydrogens (tertiary/aromatic N) is 2. The average molecular weight is 247 g/mol. The van der Waals surface area contributed by atoms with E-state index in [4.69, 9.17) is 9.26 Å². The Kier molecular flexibility index (Phi) is 4.30. The lowest BCUT2D eigenvalue weighted by atomic mass is 10.2. The Morgan fingerprint density at radius 2 is 2.28 bits per heavy atom. The Morgan fingerprint density at radius 1 is 1.39 bits per heavy atom. The van der Waals surface area contributed by atoms with Crippen molar-refractivity contribution in [1.82, 2.24) is 15.5 Å². The second kappa shape index (κ2) is 6.16. The summed E-state index contributed by atoms with van der Waals surface area (Å²) in [6.07, 6.45) is 1.08. The molecule has 0 radical (unpaired) electrons. The molecule has 0 saturated carbocycles. The number of hydrogen-bond donors (Lipinski definition) is 1. The van der Waals surface area contributed by atoms with Gasteiger partial charge in [-0.05, 0) is 25.1 Å². The van der Waals surface area contributed by atoms with Crippen LogP contribution in [0, 0.1) is 0 Å². The van der Waals surface area contributed by atoms with Gasteiger partial charge >= 0.3 is 0 Å². The van der Waals surface area contributed by atoms with Crippen molar-refractivity contribution in [2.75, 3.05) is 13.7 Å². The molecule has 0 aliphatic heterocycles. The van der Waals surface area contributed by atoms with E-state index in [9.17, 15) is 0 Å². The fraction of sp³-hybridized carbons (Fsp3) is 0.385. The van der Waals surface area contributed by atoms with Crippen LogP contribution in [0.2, 0.25) is 0 Å². The number of methoxy groups -OCH3 is 1. The summed E-state index contributed by atoms with van der Waals surface area (Å²) < 4.78 is 10.3. The Morgan fingerprint density at radius 3 is 3.06 bits per heavy atom. The first-order valence-electron chi connectivity index (χ1n) is 6.01. The first kappa shape index (κ1) is 12.6. The summed E-state index contributed by atoms with van der Waals surface area (Å²) in [5.74, 6) is 1.96. The van der Waals surface area contributed by atoms with Gasteiger partial charge in [-0.15, -0.1) is 0 Å². The van der Waals surface area contributed by atoms with Crippen LogP contribution in [0.3, 0.4) is 0 Å². The van der Waals surface area contributed by atoms with E-state index in [1.807, 2.05) is 24.3 Å². The summed E-state index contributed by atoms with van der Waals surface area (Å²) in [5.41, 5.74) is 0.889. The maximum absolute atomic E-state index is 5.17. The van der Waals surface area contributed by atoms with E-state index in [1.165, 1.54) is 0 Å². The molecule has 0 aliphatic carbocycles. The molecular weight excluding hydrogens is 230 g/mol. The molecule has 96 valence electrons. The SMILES string of the molecule is CCCNCc1nc(-c2cccc(OC)c2)no1. The molecule has 1 N–H and O–H groups in total. The van der Waals surface area contributed by atoms with Gasteiger partial charge in [0.15, 0.2) is 0 Å². The largest absolute Gasteiger partial charge is 0.497 e. The van der Waals surface area contributed by atoms with Crippen molar-refractivity contribution in [3.05, 3.63) is 30.2 Å². The average Bonchev–Trinajstić information content (AvgIpc) is 2.88. The molecule has 0 unspecified atom stereocenters. The van der Waals surface area contributed by atoms with Crippen molar-refractivity contribution in [3.8, 4) is 17.1 Å². The fourth-order valence-electron chi connectivity index (χ4n) is 1.58. The van der Waals surface area contributed by atoms with Crippen molar-refractivity contribution in [2.45, 2.75) is 19.9 Å².